The van der Waals surface area contributed by atoms with Crippen LogP contribution in [0.15, 0.2) is 28.4 Å². The number of aliphatic hydroxyl groups excluding tert-OH is 1. The summed E-state index contributed by atoms with van der Waals surface area (Å²) in [6.45, 7) is 2.14. The number of rotatable bonds is 5. The van der Waals surface area contributed by atoms with Crippen LogP contribution in [0.2, 0.25) is 0 Å². The molecule has 2 unspecified atom stereocenters. The van der Waals surface area contributed by atoms with Crippen molar-refractivity contribution >= 4 is 17.2 Å². The molecule has 0 bridgehead atoms. The highest BCUT2D eigenvalue weighted by atomic mass is 32.1. The number of thiazole rings is 1. The van der Waals surface area contributed by atoms with Gasteiger partial charge in [-0.05, 0) is 18.9 Å². The molecule has 2 heterocycles. The normalized spacial score (nSPS) is 24.5. The standard InChI is InChI=1S/C16H20N2O3S/c1-16(10-19)5-2-3-13(16)18-14(20)7-12-9-22-15(17-12)11-4-6-21-8-11/h4,6,8-9,13,19H,2-3,5,7,10H2,1H3,(H,18,20). The molecule has 0 radical (unpaired) electrons. The van der Waals surface area contributed by atoms with Gasteiger partial charge in [-0.15, -0.1) is 11.3 Å². The van der Waals surface area contributed by atoms with Gasteiger partial charge in [0.1, 0.15) is 11.3 Å². The number of aromatic nitrogens is 1. The van der Waals surface area contributed by atoms with E-state index in [1.165, 1.54) is 11.3 Å². The number of hydrogen-bond acceptors (Lipinski definition) is 5. The molecule has 1 fully saturated rings. The summed E-state index contributed by atoms with van der Waals surface area (Å²) < 4.78 is 5.05. The van der Waals surface area contributed by atoms with Gasteiger partial charge in [0.05, 0.1) is 25.0 Å². The minimum absolute atomic E-state index is 0.0318. The average Bonchev–Trinajstić information content (AvgIpc) is 3.21. The topological polar surface area (TPSA) is 75.4 Å². The summed E-state index contributed by atoms with van der Waals surface area (Å²) in [4.78, 5) is 16.7. The van der Waals surface area contributed by atoms with E-state index in [1.54, 1.807) is 12.5 Å². The van der Waals surface area contributed by atoms with Crippen LogP contribution in [0.4, 0.5) is 0 Å². The van der Waals surface area contributed by atoms with Crippen LogP contribution in [0.5, 0.6) is 0 Å². The van der Waals surface area contributed by atoms with Gasteiger partial charge in [-0.25, -0.2) is 4.98 Å². The van der Waals surface area contributed by atoms with Crippen LogP contribution in [-0.4, -0.2) is 28.6 Å². The number of nitrogens with zero attached hydrogens (tertiary/aromatic N) is 1. The predicted molar refractivity (Wildman–Crippen MR) is 84.5 cm³/mol. The molecule has 5 nitrogen and oxygen atoms in total. The summed E-state index contributed by atoms with van der Waals surface area (Å²) in [5.74, 6) is -0.0318. The molecule has 0 aromatic carbocycles. The van der Waals surface area contributed by atoms with Crippen molar-refractivity contribution in [1.29, 1.82) is 0 Å². The third-order valence-corrected chi connectivity index (χ3v) is 5.38. The van der Waals surface area contributed by atoms with Crippen molar-refractivity contribution in [2.75, 3.05) is 6.61 Å². The van der Waals surface area contributed by atoms with Gasteiger partial charge in [0.2, 0.25) is 5.91 Å². The monoisotopic (exact) mass is 320 g/mol. The van der Waals surface area contributed by atoms with Crippen LogP contribution in [0, 0.1) is 5.41 Å². The first kappa shape index (κ1) is 15.2. The van der Waals surface area contributed by atoms with Crippen molar-refractivity contribution in [3.05, 3.63) is 29.7 Å². The molecular weight excluding hydrogens is 300 g/mol. The van der Waals surface area contributed by atoms with E-state index in [2.05, 4.69) is 10.3 Å². The second-order valence-electron chi connectivity index (χ2n) is 6.16. The quantitative estimate of drug-likeness (QED) is 0.888. The van der Waals surface area contributed by atoms with Gasteiger partial charge in [0, 0.05) is 22.4 Å². The van der Waals surface area contributed by atoms with E-state index in [1.807, 2.05) is 18.4 Å². The Morgan fingerprint density at radius 1 is 1.64 bits per heavy atom. The lowest BCUT2D eigenvalue weighted by Crippen LogP contribution is -2.45. The van der Waals surface area contributed by atoms with Crippen molar-refractivity contribution in [1.82, 2.24) is 10.3 Å². The van der Waals surface area contributed by atoms with Crippen molar-refractivity contribution in [3.63, 3.8) is 0 Å². The third kappa shape index (κ3) is 3.08. The van der Waals surface area contributed by atoms with Gasteiger partial charge in [0.15, 0.2) is 0 Å². The molecule has 2 atom stereocenters. The highest BCUT2D eigenvalue weighted by Crippen LogP contribution is 2.37. The average molecular weight is 320 g/mol. The number of furan rings is 1. The molecule has 1 aliphatic rings. The lowest BCUT2D eigenvalue weighted by molar-refractivity contribution is -0.122. The second-order valence-corrected chi connectivity index (χ2v) is 7.02. The molecule has 2 aromatic rings. The molecule has 0 aliphatic heterocycles. The molecule has 3 rings (SSSR count). The van der Waals surface area contributed by atoms with Gasteiger partial charge < -0.3 is 14.8 Å². The molecule has 1 saturated carbocycles. The smallest absolute Gasteiger partial charge is 0.226 e. The zero-order valence-electron chi connectivity index (χ0n) is 12.5. The Kier molecular flexibility index (Phi) is 4.31. The summed E-state index contributed by atoms with van der Waals surface area (Å²) in [5, 5.41) is 15.4. The summed E-state index contributed by atoms with van der Waals surface area (Å²) in [6, 6.07) is 1.91. The maximum absolute atomic E-state index is 12.2. The van der Waals surface area contributed by atoms with Gasteiger partial charge in [-0.3, -0.25) is 4.79 Å². The van der Waals surface area contributed by atoms with E-state index >= 15 is 0 Å². The molecule has 6 heteroatoms. The predicted octanol–water partition coefficient (Wildman–Crippen LogP) is 2.61. The fraction of sp³-hybridized carbons (Fsp3) is 0.500. The van der Waals surface area contributed by atoms with E-state index in [9.17, 15) is 9.90 Å². The van der Waals surface area contributed by atoms with Crippen molar-refractivity contribution in [2.45, 2.75) is 38.6 Å². The van der Waals surface area contributed by atoms with E-state index in [-0.39, 0.29) is 30.4 Å². The van der Waals surface area contributed by atoms with E-state index in [4.69, 9.17) is 4.42 Å². The zero-order chi connectivity index (χ0) is 15.6. The highest BCUT2D eigenvalue weighted by Gasteiger charge is 2.39. The summed E-state index contributed by atoms with van der Waals surface area (Å²) in [6.07, 6.45) is 6.46. The molecule has 2 aromatic heterocycles. The lowest BCUT2D eigenvalue weighted by atomic mass is 9.86. The Labute approximate surface area is 133 Å². The van der Waals surface area contributed by atoms with Crippen molar-refractivity contribution in [3.8, 4) is 10.6 Å². The Morgan fingerprint density at radius 3 is 3.23 bits per heavy atom. The largest absolute Gasteiger partial charge is 0.472 e. The van der Waals surface area contributed by atoms with E-state index in [0.29, 0.717) is 0 Å². The highest BCUT2D eigenvalue weighted by molar-refractivity contribution is 7.13. The van der Waals surface area contributed by atoms with Gasteiger partial charge >= 0.3 is 0 Å². The zero-order valence-corrected chi connectivity index (χ0v) is 13.4. The number of amides is 1. The second kappa shape index (κ2) is 6.22. The number of nitrogens with one attached hydrogen (secondary N) is 1. The number of carbonyl (C=O) groups excluding carboxylic acids is 1. The fourth-order valence-corrected chi connectivity index (χ4v) is 3.79. The Morgan fingerprint density at radius 2 is 2.50 bits per heavy atom. The Balaban J connectivity index is 1.60. The minimum atomic E-state index is -0.195. The summed E-state index contributed by atoms with van der Waals surface area (Å²) in [5.41, 5.74) is 1.50. The molecule has 0 saturated heterocycles. The maximum Gasteiger partial charge on any atom is 0.226 e. The minimum Gasteiger partial charge on any atom is -0.472 e. The first-order valence-corrected chi connectivity index (χ1v) is 8.36. The number of carbonyl (C=O) groups is 1. The van der Waals surface area contributed by atoms with Crippen LogP contribution in [-0.2, 0) is 11.2 Å². The van der Waals surface area contributed by atoms with Gasteiger partial charge in [0.25, 0.3) is 0 Å². The molecular formula is C16H20N2O3S. The van der Waals surface area contributed by atoms with Crippen LogP contribution in [0.1, 0.15) is 31.9 Å². The fourth-order valence-electron chi connectivity index (χ4n) is 2.99. The van der Waals surface area contributed by atoms with Crippen molar-refractivity contribution in [2.24, 2.45) is 5.41 Å². The first-order valence-electron chi connectivity index (χ1n) is 7.48. The van der Waals surface area contributed by atoms with E-state index < -0.39 is 0 Å². The van der Waals surface area contributed by atoms with Gasteiger partial charge in [-0.2, -0.15) is 0 Å². The SMILES string of the molecule is CC1(CO)CCCC1NC(=O)Cc1csc(-c2ccoc2)n1. The molecule has 0 spiro atoms. The third-order valence-electron chi connectivity index (χ3n) is 4.44. The maximum atomic E-state index is 12.2. The molecule has 1 aliphatic carbocycles. The van der Waals surface area contributed by atoms with Crippen molar-refractivity contribution < 1.29 is 14.3 Å². The Bertz CT molecular complexity index is 638. The summed E-state index contributed by atoms with van der Waals surface area (Å²) >= 11 is 1.51. The van der Waals surface area contributed by atoms with Crippen LogP contribution in [0.3, 0.4) is 0 Å². The number of hydrogen-bond donors (Lipinski definition) is 2. The molecule has 22 heavy (non-hydrogen) atoms. The van der Waals surface area contributed by atoms with Crippen LogP contribution in [0.25, 0.3) is 10.6 Å². The first-order chi connectivity index (χ1) is 10.6. The van der Waals surface area contributed by atoms with Gasteiger partial charge in [-0.1, -0.05) is 13.3 Å². The lowest BCUT2D eigenvalue weighted by Gasteiger charge is -2.30. The van der Waals surface area contributed by atoms with Crippen LogP contribution >= 0.6 is 11.3 Å². The molecule has 2 N–H and O–H groups in total. The van der Waals surface area contributed by atoms with Crippen LogP contribution < -0.4 is 5.32 Å². The molecule has 1 amide bonds. The number of aliphatic hydroxyl groups is 1. The Hall–Kier alpha value is -1.66. The molecule has 118 valence electrons. The summed E-state index contributed by atoms with van der Waals surface area (Å²) in [7, 11) is 0. The van der Waals surface area contributed by atoms with E-state index in [0.717, 1.165) is 35.5 Å².